The minimum atomic E-state index is -0.101. The molecular weight excluding hydrogens is 494 g/mol. The summed E-state index contributed by atoms with van der Waals surface area (Å²) in [6.45, 7) is 8.50. The zero-order chi connectivity index (χ0) is 25.7. The van der Waals surface area contributed by atoms with Crippen LogP contribution in [0.2, 0.25) is 0 Å². The molecule has 3 aromatic heterocycles. The second kappa shape index (κ2) is 12.2. The second-order valence-corrected chi connectivity index (χ2v) is 11.8. The number of pyridine rings is 1. The van der Waals surface area contributed by atoms with Gasteiger partial charge in [-0.05, 0) is 50.5 Å². The van der Waals surface area contributed by atoms with E-state index in [1.54, 1.807) is 0 Å². The van der Waals surface area contributed by atoms with Gasteiger partial charge in [0, 0.05) is 18.5 Å². The second-order valence-electron chi connectivity index (χ2n) is 9.79. The van der Waals surface area contributed by atoms with Crippen molar-refractivity contribution in [3.05, 3.63) is 35.4 Å². The van der Waals surface area contributed by atoms with E-state index in [2.05, 4.69) is 50.0 Å². The van der Waals surface area contributed by atoms with Crippen LogP contribution in [0.1, 0.15) is 78.1 Å². The first-order valence-electron chi connectivity index (χ1n) is 12.9. The van der Waals surface area contributed by atoms with Gasteiger partial charge >= 0.3 is 0 Å². The highest BCUT2D eigenvalue weighted by atomic mass is 35.5. The Kier molecular flexibility index (Phi) is 9.06. The highest BCUT2D eigenvalue weighted by molar-refractivity contribution is 8.05. The summed E-state index contributed by atoms with van der Waals surface area (Å²) in [6, 6.07) is 2.40. The minimum absolute atomic E-state index is 0.0127. The zero-order valence-electron chi connectivity index (χ0n) is 21.5. The van der Waals surface area contributed by atoms with Crippen LogP contribution in [0.15, 0.2) is 29.6 Å². The van der Waals surface area contributed by atoms with Gasteiger partial charge in [-0.25, -0.2) is 9.97 Å². The third-order valence-electron chi connectivity index (χ3n) is 6.43. The van der Waals surface area contributed by atoms with Crippen molar-refractivity contribution in [1.29, 1.82) is 0 Å². The van der Waals surface area contributed by atoms with E-state index < -0.39 is 0 Å². The molecular formula is C26H36ClN7OS. The molecule has 1 aliphatic carbocycles. The Bertz CT molecular complexity index is 1190. The molecule has 3 unspecified atom stereocenters. The molecule has 1 aliphatic rings. The van der Waals surface area contributed by atoms with E-state index in [4.69, 9.17) is 16.6 Å². The Balaban J connectivity index is 1.60. The Labute approximate surface area is 222 Å². The van der Waals surface area contributed by atoms with Gasteiger partial charge in [-0.3, -0.25) is 14.9 Å². The number of nitrogens with zero attached hydrogens (tertiary/aromatic N) is 5. The van der Waals surface area contributed by atoms with E-state index in [1.165, 1.54) is 18.1 Å². The molecule has 2 N–H and O–H groups in total. The van der Waals surface area contributed by atoms with Crippen molar-refractivity contribution in [2.24, 2.45) is 5.92 Å². The van der Waals surface area contributed by atoms with E-state index in [-0.39, 0.29) is 22.7 Å². The largest absolute Gasteiger partial charge is 0.349 e. The molecule has 1 saturated carbocycles. The number of halogens is 1. The van der Waals surface area contributed by atoms with Crippen molar-refractivity contribution in [3.8, 4) is 11.5 Å². The highest BCUT2D eigenvalue weighted by Gasteiger charge is 2.29. The number of aromatic amines is 1. The van der Waals surface area contributed by atoms with Crippen molar-refractivity contribution >= 4 is 40.3 Å². The van der Waals surface area contributed by atoms with Crippen molar-refractivity contribution in [2.75, 3.05) is 0 Å². The molecule has 8 nitrogen and oxygen atoms in total. The number of amides is 1. The maximum absolute atomic E-state index is 13.1. The summed E-state index contributed by atoms with van der Waals surface area (Å²) in [4.78, 5) is 27.7. The molecule has 0 aromatic carbocycles. The molecule has 1 fully saturated rings. The topological polar surface area (TPSA) is 101 Å². The van der Waals surface area contributed by atoms with Crippen LogP contribution in [-0.4, -0.2) is 46.4 Å². The number of fused-ring (bicyclic) bond motifs is 1. The predicted molar refractivity (Wildman–Crippen MR) is 147 cm³/mol. The van der Waals surface area contributed by atoms with Crippen LogP contribution in [0.5, 0.6) is 0 Å². The molecule has 0 bridgehead atoms. The van der Waals surface area contributed by atoms with Gasteiger partial charge < -0.3 is 9.88 Å². The summed E-state index contributed by atoms with van der Waals surface area (Å²) < 4.78 is 2.29. The molecule has 0 spiro atoms. The lowest BCUT2D eigenvalue weighted by atomic mass is 9.90. The fourth-order valence-corrected chi connectivity index (χ4v) is 5.97. The molecule has 4 rings (SSSR count). The van der Waals surface area contributed by atoms with Crippen LogP contribution in [0.25, 0.3) is 22.6 Å². The van der Waals surface area contributed by atoms with Crippen molar-refractivity contribution in [2.45, 2.75) is 89.4 Å². The number of H-pyrrole nitrogens is 1. The van der Waals surface area contributed by atoms with Gasteiger partial charge in [-0.15, -0.1) is 23.4 Å². The summed E-state index contributed by atoms with van der Waals surface area (Å²) in [6.07, 6.45) is 11.7. The molecule has 1 amide bonds. The normalized spacial score (nSPS) is 19.7. The number of carbonyl (C=O) groups is 1. The van der Waals surface area contributed by atoms with Gasteiger partial charge in [0.2, 0.25) is 0 Å². The number of rotatable bonds is 10. The standard InChI is InChI=1S/C26H36ClN7OS/c1-5-8-22(36-23(27)6-2)26(35)31-17-9-7-10-18(12-17)34-21-13-19(25-29-15-30-33-25)28-14-20(21)32-24(34)11-16(3)4/h8,13-18,23H,5-7,9-12H2,1-4H3,(H,31,35)(H,29,30,33)/b22-8+. The Morgan fingerprint density at radius 3 is 2.86 bits per heavy atom. The Hall–Kier alpha value is -2.39. The Morgan fingerprint density at radius 1 is 1.33 bits per heavy atom. The first kappa shape index (κ1) is 26.7. The summed E-state index contributed by atoms with van der Waals surface area (Å²) in [5.74, 6) is 2.17. The van der Waals surface area contributed by atoms with Gasteiger partial charge in [0.1, 0.15) is 23.4 Å². The number of aromatic nitrogens is 6. The molecule has 3 heterocycles. The minimum Gasteiger partial charge on any atom is -0.349 e. The fourth-order valence-electron chi connectivity index (χ4n) is 4.81. The van der Waals surface area contributed by atoms with E-state index >= 15 is 0 Å². The van der Waals surface area contributed by atoms with Gasteiger partial charge in [-0.1, -0.05) is 33.8 Å². The lowest BCUT2D eigenvalue weighted by Gasteiger charge is -2.32. The maximum atomic E-state index is 13.1. The van der Waals surface area contributed by atoms with E-state index in [9.17, 15) is 4.79 Å². The zero-order valence-corrected chi connectivity index (χ0v) is 23.1. The average Bonchev–Trinajstić information content (AvgIpc) is 3.51. The summed E-state index contributed by atoms with van der Waals surface area (Å²) in [7, 11) is 0. The number of imidazole rings is 1. The SMILES string of the molecule is CC/C=C(/SC(Cl)CC)C(=O)NC1CCCC(n2c(CC(C)C)nc3cnc(-c4ncn[nH]4)cc32)C1. The molecule has 0 radical (unpaired) electrons. The summed E-state index contributed by atoms with van der Waals surface area (Å²) in [5, 5.41) is 10.2. The lowest BCUT2D eigenvalue weighted by molar-refractivity contribution is -0.117. The smallest absolute Gasteiger partial charge is 0.257 e. The van der Waals surface area contributed by atoms with Gasteiger partial charge in [0.25, 0.3) is 5.91 Å². The van der Waals surface area contributed by atoms with Crippen molar-refractivity contribution in [3.63, 3.8) is 0 Å². The lowest BCUT2D eigenvalue weighted by Crippen LogP contribution is -2.39. The number of nitrogens with one attached hydrogen (secondary N) is 2. The van der Waals surface area contributed by atoms with Gasteiger partial charge in [-0.2, -0.15) is 5.10 Å². The third-order valence-corrected chi connectivity index (χ3v) is 8.20. The third kappa shape index (κ3) is 6.29. The number of allylic oxidation sites excluding steroid dienone is 1. The van der Waals surface area contributed by atoms with E-state index in [0.29, 0.717) is 11.7 Å². The number of carbonyl (C=O) groups excluding carboxylic acids is 1. The molecule has 3 atom stereocenters. The van der Waals surface area contributed by atoms with Crippen LogP contribution in [-0.2, 0) is 11.2 Å². The van der Waals surface area contributed by atoms with Crippen LogP contribution < -0.4 is 5.32 Å². The van der Waals surface area contributed by atoms with E-state index in [1.807, 2.05) is 26.1 Å². The molecule has 0 saturated heterocycles. The summed E-state index contributed by atoms with van der Waals surface area (Å²) >= 11 is 7.81. The van der Waals surface area contributed by atoms with E-state index in [0.717, 1.165) is 72.4 Å². The number of alkyl halides is 1. The van der Waals surface area contributed by atoms with Crippen molar-refractivity contribution in [1.82, 2.24) is 35.0 Å². The number of thioether (sulfide) groups is 1. The average molecular weight is 530 g/mol. The van der Waals surface area contributed by atoms with Gasteiger partial charge in [0.05, 0.1) is 21.3 Å². The molecule has 10 heteroatoms. The monoisotopic (exact) mass is 529 g/mol. The Morgan fingerprint density at radius 2 is 2.17 bits per heavy atom. The highest BCUT2D eigenvalue weighted by Crippen LogP contribution is 2.35. The first-order valence-corrected chi connectivity index (χ1v) is 14.2. The maximum Gasteiger partial charge on any atom is 0.257 e. The van der Waals surface area contributed by atoms with Crippen molar-refractivity contribution < 1.29 is 4.79 Å². The fraction of sp³-hybridized carbons (Fsp3) is 0.577. The van der Waals surface area contributed by atoms with Crippen LogP contribution in [0.4, 0.5) is 0 Å². The van der Waals surface area contributed by atoms with Crippen LogP contribution in [0.3, 0.4) is 0 Å². The number of hydrogen-bond acceptors (Lipinski definition) is 6. The number of hydrogen-bond donors (Lipinski definition) is 2. The first-order chi connectivity index (χ1) is 17.4. The molecule has 3 aromatic rings. The molecule has 194 valence electrons. The van der Waals surface area contributed by atoms with Crippen LogP contribution in [0, 0.1) is 5.92 Å². The predicted octanol–water partition coefficient (Wildman–Crippen LogP) is 6.02. The summed E-state index contributed by atoms with van der Waals surface area (Å²) in [5.41, 5.74) is 2.69. The molecule has 0 aliphatic heterocycles. The molecule has 36 heavy (non-hydrogen) atoms. The van der Waals surface area contributed by atoms with Crippen LogP contribution >= 0.6 is 23.4 Å². The quantitative estimate of drug-likeness (QED) is 0.246. The van der Waals surface area contributed by atoms with Gasteiger partial charge in [0.15, 0.2) is 5.82 Å².